The number of nitrogens with zero attached hydrogens (tertiary/aromatic N) is 3. The zero-order chi connectivity index (χ0) is 12.0. The summed E-state index contributed by atoms with van der Waals surface area (Å²) in [5.74, 6) is -1.67. The first kappa shape index (κ1) is 12.1. The summed E-state index contributed by atoms with van der Waals surface area (Å²) in [7, 11) is 0. The summed E-state index contributed by atoms with van der Waals surface area (Å²) in [6.45, 7) is 2.02. The van der Waals surface area contributed by atoms with Gasteiger partial charge in [-0.3, -0.25) is 9.59 Å². The van der Waals surface area contributed by atoms with E-state index in [-0.39, 0.29) is 5.82 Å². The molecule has 0 bridgehead atoms. The number of rotatable bonds is 6. The van der Waals surface area contributed by atoms with Crippen molar-refractivity contribution < 1.29 is 14.7 Å². The number of aromatic amines is 1. The number of carbonyl (C=O) groups excluding carboxylic acids is 1. The van der Waals surface area contributed by atoms with E-state index in [9.17, 15) is 9.59 Å². The van der Waals surface area contributed by atoms with Crippen molar-refractivity contribution in [1.82, 2.24) is 25.9 Å². The molecule has 8 nitrogen and oxygen atoms in total. The van der Waals surface area contributed by atoms with Gasteiger partial charge in [0.2, 0.25) is 0 Å². The van der Waals surface area contributed by atoms with Crippen molar-refractivity contribution in [3.05, 3.63) is 5.82 Å². The van der Waals surface area contributed by atoms with Crippen LogP contribution < -0.4 is 5.32 Å². The maximum absolute atomic E-state index is 11.3. The van der Waals surface area contributed by atoms with Gasteiger partial charge < -0.3 is 10.4 Å². The van der Waals surface area contributed by atoms with Gasteiger partial charge in [-0.1, -0.05) is 6.92 Å². The van der Waals surface area contributed by atoms with Gasteiger partial charge in [-0.05, 0) is 18.1 Å². The highest BCUT2D eigenvalue weighted by molar-refractivity contribution is 5.89. The Morgan fingerprint density at radius 1 is 1.56 bits per heavy atom. The third-order valence-electron chi connectivity index (χ3n) is 2.07. The summed E-state index contributed by atoms with van der Waals surface area (Å²) in [5, 5.41) is 23.6. The number of H-pyrrole nitrogens is 1. The Morgan fingerprint density at radius 2 is 2.31 bits per heavy atom. The Balaban J connectivity index is 2.17. The zero-order valence-corrected chi connectivity index (χ0v) is 8.80. The van der Waals surface area contributed by atoms with Gasteiger partial charge in [0, 0.05) is 6.54 Å². The van der Waals surface area contributed by atoms with Crippen molar-refractivity contribution in [2.75, 3.05) is 6.54 Å². The first-order valence-corrected chi connectivity index (χ1v) is 4.85. The van der Waals surface area contributed by atoms with Gasteiger partial charge in [0.15, 0.2) is 0 Å². The summed E-state index contributed by atoms with van der Waals surface area (Å²) in [6.07, 6.45) is 1.11. The van der Waals surface area contributed by atoms with Crippen LogP contribution in [0.1, 0.15) is 30.4 Å². The number of aliphatic carboxylic acids is 1. The minimum Gasteiger partial charge on any atom is -0.481 e. The number of hydrogen-bond acceptors (Lipinski definition) is 5. The fourth-order valence-electron chi connectivity index (χ4n) is 1.07. The molecule has 0 saturated heterocycles. The van der Waals surface area contributed by atoms with Crippen LogP contribution in [0.3, 0.4) is 0 Å². The van der Waals surface area contributed by atoms with E-state index in [2.05, 4.69) is 25.9 Å². The van der Waals surface area contributed by atoms with Crippen LogP contribution in [-0.2, 0) is 4.79 Å². The number of aromatic nitrogens is 4. The molecule has 3 N–H and O–H groups in total. The number of hydrogen-bond donors (Lipinski definition) is 3. The quantitative estimate of drug-likeness (QED) is 0.559. The standard InChI is InChI=1S/C8H13N5O3/c1-5(8(15)16)3-2-4-9-7(14)6-10-12-13-11-6/h5H,2-4H2,1H3,(H,9,14)(H,15,16)(H,10,11,12,13). The number of carboxylic acid groups (broad SMARTS) is 1. The SMILES string of the molecule is CC(CCCNC(=O)c1nn[nH]n1)C(=O)O. The molecule has 16 heavy (non-hydrogen) atoms. The molecule has 0 aliphatic rings. The third kappa shape index (κ3) is 3.64. The zero-order valence-electron chi connectivity index (χ0n) is 8.80. The number of tetrazole rings is 1. The fraction of sp³-hybridized carbons (Fsp3) is 0.625. The monoisotopic (exact) mass is 227 g/mol. The molecule has 0 radical (unpaired) electrons. The Bertz CT molecular complexity index is 351. The predicted octanol–water partition coefficient (Wildman–Crippen LogP) is -0.570. The first-order valence-electron chi connectivity index (χ1n) is 4.85. The minimum atomic E-state index is -0.829. The first-order chi connectivity index (χ1) is 7.61. The normalized spacial score (nSPS) is 12.1. The number of carboxylic acids is 1. The second-order valence-corrected chi connectivity index (χ2v) is 3.37. The molecule has 0 spiro atoms. The Kier molecular flexibility index (Phi) is 4.37. The third-order valence-corrected chi connectivity index (χ3v) is 2.07. The fourth-order valence-corrected chi connectivity index (χ4v) is 1.07. The molecule has 1 rings (SSSR count). The summed E-state index contributed by atoms with van der Waals surface area (Å²) in [4.78, 5) is 21.8. The van der Waals surface area contributed by atoms with Gasteiger partial charge in [-0.15, -0.1) is 10.2 Å². The van der Waals surface area contributed by atoms with Crippen LogP contribution in [0.5, 0.6) is 0 Å². The molecule has 1 aromatic rings. The molecular weight excluding hydrogens is 214 g/mol. The van der Waals surface area contributed by atoms with E-state index in [1.807, 2.05) is 0 Å². The topological polar surface area (TPSA) is 121 Å². The lowest BCUT2D eigenvalue weighted by molar-refractivity contribution is -0.141. The second-order valence-electron chi connectivity index (χ2n) is 3.37. The van der Waals surface area contributed by atoms with Gasteiger partial charge in [-0.2, -0.15) is 5.21 Å². The van der Waals surface area contributed by atoms with E-state index in [0.29, 0.717) is 19.4 Å². The largest absolute Gasteiger partial charge is 0.481 e. The van der Waals surface area contributed by atoms with Crippen LogP contribution in [0.2, 0.25) is 0 Å². The summed E-state index contributed by atoms with van der Waals surface area (Å²) in [5.41, 5.74) is 0. The van der Waals surface area contributed by atoms with Crippen molar-refractivity contribution in [2.45, 2.75) is 19.8 Å². The van der Waals surface area contributed by atoms with Crippen LogP contribution >= 0.6 is 0 Å². The molecule has 1 aromatic heterocycles. The van der Waals surface area contributed by atoms with Gasteiger partial charge in [0.25, 0.3) is 11.7 Å². The Labute approximate surface area is 91.4 Å². The van der Waals surface area contributed by atoms with Crippen LogP contribution in [0.25, 0.3) is 0 Å². The molecule has 88 valence electrons. The van der Waals surface area contributed by atoms with E-state index >= 15 is 0 Å². The van der Waals surface area contributed by atoms with Gasteiger partial charge in [-0.25, -0.2) is 0 Å². The lowest BCUT2D eigenvalue weighted by Gasteiger charge is -2.05. The van der Waals surface area contributed by atoms with E-state index in [1.54, 1.807) is 6.92 Å². The highest BCUT2D eigenvalue weighted by Gasteiger charge is 2.12. The van der Waals surface area contributed by atoms with Gasteiger partial charge in [0.1, 0.15) is 0 Å². The summed E-state index contributed by atoms with van der Waals surface area (Å²) in [6, 6.07) is 0. The van der Waals surface area contributed by atoms with E-state index in [0.717, 1.165) is 0 Å². The molecular formula is C8H13N5O3. The molecule has 0 aromatic carbocycles. The lowest BCUT2D eigenvalue weighted by atomic mass is 10.1. The van der Waals surface area contributed by atoms with E-state index in [4.69, 9.17) is 5.11 Å². The molecule has 0 aliphatic carbocycles. The molecule has 1 unspecified atom stereocenters. The minimum absolute atomic E-state index is 0.0220. The average molecular weight is 227 g/mol. The Hall–Kier alpha value is -1.99. The van der Waals surface area contributed by atoms with Crippen molar-refractivity contribution in [1.29, 1.82) is 0 Å². The van der Waals surface area contributed by atoms with Crippen molar-refractivity contribution >= 4 is 11.9 Å². The second kappa shape index (κ2) is 5.79. The number of nitrogens with one attached hydrogen (secondary N) is 2. The highest BCUT2D eigenvalue weighted by Crippen LogP contribution is 2.04. The molecule has 8 heteroatoms. The summed E-state index contributed by atoms with van der Waals surface area (Å²) >= 11 is 0. The van der Waals surface area contributed by atoms with E-state index < -0.39 is 17.8 Å². The molecule has 1 atom stereocenters. The summed E-state index contributed by atoms with van der Waals surface area (Å²) < 4.78 is 0. The molecule has 0 fully saturated rings. The van der Waals surface area contributed by atoms with Crippen LogP contribution in [0.4, 0.5) is 0 Å². The maximum Gasteiger partial charge on any atom is 0.306 e. The lowest BCUT2D eigenvalue weighted by Crippen LogP contribution is -2.26. The van der Waals surface area contributed by atoms with Crippen molar-refractivity contribution in [3.63, 3.8) is 0 Å². The number of carbonyl (C=O) groups is 2. The molecule has 0 aliphatic heterocycles. The molecule has 0 saturated carbocycles. The van der Waals surface area contributed by atoms with Gasteiger partial charge >= 0.3 is 5.97 Å². The van der Waals surface area contributed by atoms with Crippen molar-refractivity contribution in [3.8, 4) is 0 Å². The van der Waals surface area contributed by atoms with Crippen LogP contribution in [0, 0.1) is 5.92 Å². The molecule has 1 amide bonds. The smallest absolute Gasteiger partial charge is 0.306 e. The maximum atomic E-state index is 11.3. The highest BCUT2D eigenvalue weighted by atomic mass is 16.4. The van der Waals surface area contributed by atoms with E-state index in [1.165, 1.54) is 0 Å². The van der Waals surface area contributed by atoms with Gasteiger partial charge in [0.05, 0.1) is 5.92 Å². The van der Waals surface area contributed by atoms with Crippen LogP contribution in [-0.4, -0.2) is 44.2 Å². The van der Waals surface area contributed by atoms with Crippen LogP contribution in [0.15, 0.2) is 0 Å². The number of amides is 1. The molecule has 1 heterocycles. The Morgan fingerprint density at radius 3 is 2.88 bits per heavy atom. The van der Waals surface area contributed by atoms with Crippen molar-refractivity contribution in [2.24, 2.45) is 5.92 Å². The predicted molar refractivity (Wildman–Crippen MR) is 52.5 cm³/mol. The average Bonchev–Trinajstić information content (AvgIpc) is 2.76.